The summed E-state index contributed by atoms with van der Waals surface area (Å²) in [4.78, 5) is 26.6. The molecular formula is C18H24ClNO5. The van der Waals surface area contributed by atoms with E-state index < -0.39 is 12.1 Å². The van der Waals surface area contributed by atoms with Crippen molar-refractivity contribution in [3.63, 3.8) is 0 Å². The molecule has 1 saturated heterocycles. The van der Waals surface area contributed by atoms with Gasteiger partial charge in [0.25, 0.3) is 5.91 Å². The number of ether oxygens (including phenoxy) is 3. The number of hydrogen-bond donors (Lipinski definition) is 0. The lowest BCUT2D eigenvalue weighted by Crippen LogP contribution is -2.40. The van der Waals surface area contributed by atoms with Crippen molar-refractivity contribution in [3.05, 3.63) is 22.7 Å². The Morgan fingerprint density at radius 1 is 1.08 bits per heavy atom. The van der Waals surface area contributed by atoms with Crippen molar-refractivity contribution in [1.82, 2.24) is 4.90 Å². The van der Waals surface area contributed by atoms with Crippen LogP contribution in [0.2, 0.25) is 5.02 Å². The Labute approximate surface area is 153 Å². The van der Waals surface area contributed by atoms with Crippen LogP contribution in [0.4, 0.5) is 0 Å². The molecule has 25 heavy (non-hydrogen) atoms. The van der Waals surface area contributed by atoms with Gasteiger partial charge in [-0.1, -0.05) is 24.4 Å². The average molecular weight is 370 g/mol. The minimum absolute atomic E-state index is 0.165. The third-order valence-corrected chi connectivity index (χ3v) is 4.50. The van der Waals surface area contributed by atoms with Gasteiger partial charge in [0.2, 0.25) is 0 Å². The molecule has 6 nitrogen and oxygen atoms in total. The Hall–Kier alpha value is -1.95. The minimum atomic E-state index is -0.850. The molecule has 0 bridgehead atoms. The van der Waals surface area contributed by atoms with Gasteiger partial charge in [0.05, 0.1) is 24.8 Å². The molecule has 1 aliphatic rings. The second-order valence-corrected chi connectivity index (χ2v) is 6.39. The summed E-state index contributed by atoms with van der Waals surface area (Å²) in [5.74, 6) is -0.122. The van der Waals surface area contributed by atoms with Gasteiger partial charge in [0.1, 0.15) is 0 Å². The van der Waals surface area contributed by atoms with Gasteiger partial charge in [0.15, 0.2) is 17.6 Å². The number of amides is 1. The van der Waals surface area contributed by atoms with E-state index in [0.29, 0.717) is 24.6 Å². The molecule has 0 spiro atoms. The highest BCUT2D eigenvalue weighted by Crippen LogP contribution is 2.36. The molecule has 0 aromatic heterocycles. The monoisotopic (exact) mass is 369 g/mol. The summed E-state index contributed by atoms with van der Waals surface area (Å²) >= 11 is 6.11. The highest BCUT2D eigenvalue weighted by Gasteiger charge is 2.26. The predicted octanol–water partition coefficient (Wildman–Crippen LogP) is 3.31. The number of rotatable bonds is 5. The van der Waals surface area contributed by atoms with Gasteiger partial charge in [0, 0.05) is 13.1 Å². The standard InChI is InChI=1S/C18H24ClNO5/c1-12(17(21)20-8-6-4-5-7-9-20)25-18(22)13-10-14(19)16(24-3)15(11-13)23-2/h10-12H,4-9H2,1-3H3. The van der Waals surface area contributed by atoms with E-state index in [9.17, 15) is 9.59 Å². The van der Waals surface area contributed by atoms with Crippen LogP contribution < -0.4 is 9.47 Å². The fourth-order valence-corrected chi connectivity index (χ4v) is 3.15. The lowest BCUT2D eigenvalue weighted by atomic mass is 10.2. The molecule has 0 aliphatic carbocycles. The molecule has 138 valence electrons. The summed E-state index contributed by atoms with van der Waals surface area (Å²) in [5, 5.41) is 0.236. The van der Waals surface area contributed by atoms with Crippen LogP contribution >= 0.6 is 11.6 Å². The smallest absolute Gasteiger partial charge is 0.339 e. The first-order chi connectivity index (χ1) is 12.0. The number of carbonyl (C=O) groups excluding carboxylic acids is 2. The molecule has 1 atom stereocenters. The number of esters is 1. The van der Waals surface area contributed by atoms with Gasteiger partial charge >= 0.3 is 5.97 Å². The van der Waals surface area contributed by atoms with Crippen LogP contribution in [-0.4, -0.2) is 50.2 Å². The summed E-state index contributed by atoms with van der Waals surface area (Å²) < 4.78 is 15.7. The van der Waals surface area contributed by atoms with Crippen molar-refractivity contribution in [1.29, 1.82) is 0 Å². The highest BCUT2D eigenvalue weighted by molar-refractivity contribution is 6.32. The molecule has 0 radical (unpaired) electrons. The third kappa shape index (κ3) is 4.78. The zero-order chi connectivity index (χ0) is 18.4. The van der Waals surface area contributed by atoms with Crippen LogP contribution in [-0.2, 0) is 9.53 Å². The number of halogens is 1. The van der Waals surface area contributed by atoms with Gasteiger partial charge in [-0.25, -0.2) is 4.79 Å². The quantitative estimate of drug-likeness (QED) is 0.745. The lowest BCUT2D eigenvalue weighted by molar-refractivity contribution is -0.139. The van der Waals surface area contributed by atoms with Gasteiger partial charge < -0.3 is 19.1 Å². The fraction of sp³-hybridized carbons (Fsp3) is 0.556. The summed E-state index contributed by atoms with van der Waals surface area (Å²) in [6, 6.07) is 2.92. The summed E-state index contributed by atoms with van der Waals surface area (Å²) in [6.45, 7) is 3.01. The normalized spacial score (nSPS) is 15.9. The van der Waals surface area contributed by atoms with Crippen LogP contribution in [0, 0.1) is 0 Å². The van der Waals surface area contributed by atoms with Crippen LogP contribution in [0.1, 0.15) is 43.0 Å². The van der Waals surface area contributed by atoms with Crippen molar-refractivity contribution in [2.45, 2.75) is 38.7 Å². The molecule has 0 saturated carbocycles. The summed E-state index contributed by atoms with van der Waals surface area (Å²) in [6.07, 6.45) is 3.37. The third-order valence-electron chi connectivity index (χ3n) is 4.22. The predicted molar refractivity (Wildman–Crippen MR) is 94.5 cm³/mol. The average Bonchev–Trinajstić information content (AvgIpc) is 2.89. The topological polar surface area (TPSA) is 65.1 Å². The summed E-state index contributed by atoms with van der Waals surface area (Å²) in [5.41, 5.74) is 0.207. The first kappa shape index (κ1) is 19.4. The first-order valence-corrected chi connectivity index (χ1v) is 8.77. The minimum Gasteiger partial charge on any atom is -0.493 e. The van der Waals surface area contributed by atoms with E-state index in [4.69, 9.17) is 25.8 Å². The zero-order valence-electron chi connectivity index (χ0n) is 14.8. The van der Waals surface area contributed by atoms with E-state index in [2.05, 4.69) is 0 Å². The van der Waals surface area contributed by atoms with E-state index >= 15 is 0 Å². The van der Waals surface area contributed by atoms with E-state index in [1.807, 2.05) is 0 Å². The second-order valence-electron chi connectivity index (χ2n) is 5.98. The van der Waals surface area contributed by atoms with Crippen molar-refractivity contribution >= 4 is 23.5 Å². The maximum Gasteiger partial charge on any atom is 0.339 e. The first-order valence-electron chi connectivity index (χ1n) is 8.39. The largest absolute Gasteiger partial charge is 0.493 e. The molecule has 1 aliphatic heterocycles. The van der Waals surface area contributed by atoms with E-state index in [-0.39, 0.29) is 16.5 Å². The number of hydrogen-bond acceptors (Lipinski definition) is 5. The van der Waals surface area contributed by atoms with Crippen LogP contribution in [0.25, 0.3) is 0 Å². The molecule has 7 heteroatoms. The molecule has 1 aromatic rings. The van der Waals surface area contributed by atoms with Crippen LogP contribution in [0.15, 0.2) is 12.1 Å². The Morgan fingerprint density at radius 3 is 2.28 bits per heavy atom. The Morgan fingerprint density at radius 2 is 1.72 bits per heavy atom. The molecule has 1 fully saturated rings. The number of methoxy groups -OCH3 is 2. The molecule has 2 rings (SSSR count). The van der Waals surface area contributed by atoms with Crippen LogP contribution in [0.5, 0.6) is 11.5 Å². The Balaban J connectivity index is 2.08. The van der Waals surface area contributed by atoms with E-state index in [0.717, 1.165) is 25.7 Å². The van der Waals surface area contributed by atoms with Crippen LogP contribution in [0.3, 0.4) is 0 Å². The number of carbonyl (C=O) groups is 2. The lowest BCUT2D eigenvalue weighted by Gasteiger charge is -2.24. The molecule has 1 heterocycles. The van der Waals surface area contributed by atoms with Gasteiger partial charge in [-0.2, -0.15) is 0 Å². The van der Waals surface area contributed by atoms with Crippen molar-refractivity contribution in [2.24, 2.45) is 0 Å². The van der Waals surface area contributed by atoms with E-state index in [1.165, 1.54) is 26.4 Å². The highest BCUT2D eigenvalue weighted by atomic mass is 35.5. The number of benzene rings is 1. The summed E-state index contributed by atoms with van der Waals surface area (Å²) in [7, 11) is 2.92. The molecule has 1 amide bonds. The maximum absolute atomic E-state index is 12.5. The molecule has 1 aromatic carbocycles. The van der Waals surface area contributed by atoms with E-state index in [1.54, 1.807) is 11.8 Å². The Kier molecular flexibility index (Phi) is 6.93. The molecule has 0 N–H and O–H groups in total. The van der Waals surface area contributed by atoms with Gasteiger partial charge in [-0.3, -0.25) is 4.79 Å². The number of nitrogens with zero attached hydrogens (tertiary/aromatic N) is 1. The SMILES string of the molecule is COc1cc(C(=O)OC(C)C(=O)N2CCCCCC2)cc(Cl)c1OC. The van der Waals surface area contributed by atoms with Gasteiger partial charge in [-0.15, -0.1) is 0 Å². The Bertz CT molecular complexity index is 626. The zero-order valence-corrected chi connectivity index (χ0v) is 15.6. The van der Waals surface area contributed by atoms with Crippen molar-refractivity contribution in [2.75, 3.05) is 27.3 Å². The number of likely N-dealkylation sites (tertiary alicyclic amines) is 1. The van der Waals surface area contributed by atoms with Gasteiger partial charge in [-0.05, 0) is 31.9 Å². The molecular weight excluding hydrogens is 346 g/mol. The van der Waals surface area contributed by atoms with Crippen molar-refractivity contribution < 1.29 is 23.8 Å². The second kappa shape index (κ2) is 8.94. The maximum atomic E-state index is 12.5. The van der Waals surface area contributed by atoms with Crippen molar-refractivity contribution in [3.8, 4) is 11.5 Å². The molecule has 1 unspecified atom stereocenters. The fourth-order valence-electron chi connectivity index (χ4n) is 2.86.